The first-order valence-corrected chi connectivity index (χ1v) is 4.78. The molecule has 1 aromatic carbocycles. The average Bonchev–Trinajstić information content (AvgIpc) is 2.25. The van der Waals surface area contributed by atoms with Crippen LogP contribution in [-0.4, -0.2) is 39.2 Å². The largest absolute Gasteiger partial charge is 0.277 e. The van der Waals surface area contributed by atoms with Crippen LogP contribution in [0.1, 0.15) is 0 Å². The first-order valence-electron chi connectivity index (χ1n) is 4.78. The number of hydrogen-bond acceptors (Lipinski definition) is 2. The topological polar surface area (TPSA) is 27.5 Å². The molecule has 0 heterocycles. The molecule has 1 N–H and O–H groups in total. The van der Waals surface area contributed by atoms with Gasteiger partial charge in [0.2, 0.25) is 6.34 Å². The zero-order chi connectivity index (χ0) is 11.3. The first kappa shape index (κ1) is 11.5. The summed E-state index contributed by atoms with van der Waals surface area (Å²) >= 11 is 0. The Labute approximate surface area is 90.7 Å². The van der Waals surface area contributed by atoms with E-state index in [2.05, 4.69) is 5.32 Å². The van der Waals surface area contributed by atoms with Crippen LogP contribution >= 0.6 is 0 Å². The second-order valence-electron chi connectivity index (χ2n) is 3.43. The van der Waals surface area contributed by atoms with E-state index in [9.17, 15) is 0 Å². The van der Waals surface area contributed by atoms with Crippen LogP contribution in [0.15, 0.2) is 24.3 Å². The van der Waals surface area contributed by atoms with Gasteiger partial charge in [0.15, 0.2) is 0 Å². The van der Waals surface area contributed by atoms with Gasteiger partial charge in [0.25, 0.3) is 0 Å². The van der Waals surface area contributed by atoms with E-state index < -0.39 is 0 Å². The molecule has 0 aliphatic carbocycles. The number of nitrogens with one attached hydrogen (secondary N) is 1. The number of hydrogen-bond donors (Lipinski definition) is 1. The second kappa shape index (κ2) is 5.36. The summed E-state index contributed by atoms with van der Waals surface area (Å²) in [6.07, 6.45) is 1.89. The van der Waals surface area contributed by atoms with Crippen molar-refractivity contribution < 1.29 is 9.41 Å². The summed E-state index contributed by atoms with van der Waals surface area (Å²) in [5, 5.41) is 4.92. The highest BCUT2D eigenvalue weighted by Gasteiger charge is 2.07. The minimum absolute atomic E-state index is 0.998. The van der Waals surface area contributed by atoms with Crippen molar-refractivity contribution in [2.75, 3.05) is 38.6 Å². The average molecular weight is 208 g/mol. The van der Waals surface area contributed by atoms with Crippen LogP contribution < -0.4 is 10.4 Å². The van der Waals surface area contributed by atoms with Gasteiger partial charge in [-0.15, -0.1) is 0 Å². The molecular weight excluding hydrogens is 190 g/mol. The second-order valence-corrected chi connectivity index (χ2v) is 3.43. The van der Waals surface area contributed by atoms with Crippen LogP contribution in [0, 0.1) is 0 Å². The van der Waals surface area contributed by atoms with Gasteiger partial charge in [0.05, 0.1) is 21.2 Å². The van der Waals surface area contributed by atoms with E-state index in [1.807, 2.05) is 56.3 Å². The molecule has 1 aromatic rings. The molecule has 0 amide bonds. The summed E-state index contributed by atoms with van der Waals surface area (Å²) in [4.78, 5) is 5.15. The lowest BCUT2D eigenvalue weighted by molar-refractivity contribution is -0.459. The molecule has 0 aliphatic heterocycles. The fourth-order valence-corrected chi connectivity index (χ4v) is 1.17. The summed E-state index contributed by atoms with van der Waals surface area (Å²) in [5.41, 5.74) is 2.01. The fourth-order valence-electron chi connectivity index (χ4n) is 1.17. The van der Waals surface area contributed by atoms with Crippen molar-refractivity contribution in [2.45, 2.75) is 0 Å². The third kappa shape index (κ3) is 3.25. The molecule has 0 radical (unpaired) electrons. The highest BCUT2D eigenvalue weighted by atomic mass is 16.7. The highest BCUT2D eigenvalue weighted by Crippen LogP contribution is 2.23. The van der Waals surface area contributed by atoms with E-state index in [4.69, 9.17) is 4.84 Å². The molecule has 0 aliphatic rings. The zero-order valence-corrected chi connectivity index (χ0v) is 9.69. The zero-order valence-electron chi connectivity index (χ0n) is 9.69. The van der Waals surface area contributed by atoms with Gasteiger partial charge in [-0.3, -0.25) is 14.5 Å². The molecule has 0 spiro atoms. The molecule has 4 heteroatoms. The standard InChI is InChI=1S/C11H17N3O/c1-13(2)9-12-10-7-5-6-8-11(10)14(3)15-4/h5-9H,1-4H3/p+1. The van der Waals surface area contributed by atoms with Crippen molar-refractivity contribution in [1.82, 2.24) is 0 Å². The molecular formula is C11H18N3O+. The Bertz CT molecular complexity index is 345. The van der Waals surface area contributed by atoms with Gasteiger partial charge in [0, 0.05) is 7.05 Å². The third-order valence-corrected chi connectivity index (χ3v) is 2.00. The summed E-state index contributed by atoms with van der Waals surface area (Å²) in [6.45, 7) is 0. The Morgan fingerprint density at radius 3 is 2.60 bits per heavy atom. The Kier molecular flexibility index (Phi) is 4.12. The van der Waals surface area contributed by atoms with Gasteiger partial charge in [0.1, 0.15) is 11.4 Å². The van der Waals surface area contributed by atoms with Gasteiger partial charge in [-0.05, 0) is 12.1 Å². The predicted molar refractivity (Wildman–Crippen MR) is 63.6 cm³/mol. The van der Waals surface area contributed by atoms with E-state index in [1.54, 1.807) is 12.2 Å². The van der Waals surface area contributed by atoms with E-state index in [0.29, 0.717) is 0 Å². The SMILES string of the molecule is CON(C)c1ccccc1NC=[N+](C)C. The maximum Gasteiger partial charge on any atom is 0.236 e. The lowest BCUT2D eigenvalue weighted by Gasteiger charge is -2.17. The molecule has 0 saturated heterocycles. The molecule has 0 unspecified atom stereocenters. The van der Waals surface area contributed by atoms with Crippen LogP contribution in [0.25, 0.3) is 0 Å². The molecule has 0 fully saturated rings. The number of anilines is 2. The molecule has 15 heavy (non-hydrogen) atoms. The summed E-state index contributed by atoms with van der Waals surface area (Å²) < 4.78 is 1.95. The normalized spacial score (nSPS) is 9.60. The minimum Gasteiger partial charge on any atom is -0.277 e. The predicted octanol–water partition coefficient (Wildman–Crippen LogP) is 1.40. The maximum atomic E-state index is 5.15. The number of benzene rings is 1. The molecule has 82 valence electrons. The van der Waals surface area contributed by atoms with Crippen molar-refractivity contribution in [3.8, 4) is 0 Å². The quantitative estimate of drug-likeness (QED) is 0.351. The van der Waals surface area contributed by atoms with Crippen LogP contribution in [0.3, 0.4) is 0 Å². The Morgan fingerprint density at radius 1 is 1.33 bits per heavy atom. The molecule has 0 atom stereocenters. The van der Waals surface area contributed by atoms with Gasteiger partial charge in [-0.1, -0.05) is 12.1 Å². The smallest absolute Gasteiger partial charge is 0.236 e. The molecule has 4 nitrogen and oxygen atoms in total. The van der Waals surface area contributed by atoms with Gasteiger partial charge < -0.3 is 0 Å². The number of rotatable bonds is 4. The van der Waals surface area contributed by atoms with Crippen molar-refractivity contribution in [2.24, 2.45) is 0 Å². The van der Waals surface area contributed by atoms with Crippen LogP contribution in [0.2, 0.25) is 0 Å². The summed E-state index contributed by atoms with van der Waals surface area (Å²) in [7, 11) is 7.45. The molecule has 0 saturated carbocycles. The lowest BCUT2D eigenvalue weighted by atomic mass is 10.2. The summed E-state index contributed by atoms with van der Waals surface area (Å²) in [5.74, 6) is 0. The van der Waals surface area contributed by atoms with E-state index in [0.717, 1.165) is 11.4 Å². The van der Waals surface area contributed by atoms with E-state index in [-0.39, 0.29) is 0 Å². The van der Waals surface area contributed by atoms with Crippen molar-refractivity contribution >= 4 is 17.7 Å². The van der Waals surface area contributed by atoms with Gasteiger partial charge in [-0.25, -0.2) is 5.32 Å². The van der Waals surface area contributed by atoms with Crippen molar-refractivity contribution in [3.05, 3.63) is 24.3 Å². The molecule has 0 bridgehead atoms. The Morgan fingerprint density at radius 2 is 2.00 bits per heavy atom. The number of hydroxylamine groups is 1. The third-order valence-electron chi connectivity index (χ3n) is 2.00. The van der Waals surface area contributed by atoms with E-state index in [1.165, 1.54) is 0 Å². The van der Waals surface area contributed by atoms with Crippen molar-refractivity contribution in [3.63, 3.8) is 0 Å². The Hall–Kier alpha value is -1.55. The minimum atomic E-state index is 0.998. The fraction of sp³-hybridized carbons (Fsp3) is 0.364. The highest BCUT2D eigenvalue weighted by molar-refractivity contribution is 5.81. The van der Waals surface area contributed by atoms with Crippen LogP contribution in [0.5, 0.6) is 0 Å². The van der Waals surface area contributed by atoms with Crippen LogP contribution in [-0.2, 0) is 4.84 Å². The Balaban J connectivity index is 2.91. The lowest BCUT2D eigenvalue weighted by Crippen LogP contribution is -2.17. The maximum absolute atomic E-state index is 5.15. The number of para-hydroxylation sites is 2. The number of nitrogens with zero attached hydrogens (tertiary/aromatic N) is 2. The molecule has 1 rings (SSSR count). The monoisotopic (exact) mass is 208 g/mol. The van der Waals surface area contributed by atoms with Crippen molar-refractivity contribution in [1.29, 1.82) is 0 Å². The molecule has 0 aromatic heterocycles. The first-order chi connectivity index (χ1) is 7.15. The van der Waals surface area contributed by atoms with Crippen LogP contribution in [0.4, 0.5) is 11.4 Å². The van der Waals surface area contributed by atoms with E-state index >= 15 is 0 Å². The van der Waals surface area contributed by atoms with Gasteiger partial charge >= 0.3 is 0 Å². The van der Waals surface area contributed by atoms with Gasteiger partial charge in [-0.2, -0.15) is 0 Å². The summed E-state index contributed by atoms with van der Waals surface area (Å²) in [6, 6.07) is 7.96.